The summed E-state index contributed by atoms with van der Waals surface area (Å²) >= 11 is 0. The van der Waals surface area contributed by atoms with Crippen molar-refractivity contribution in [3.63, 3.8) is 0 Å². The lowest BCUT2D eigenvalue weighted by atomic mass is 10.1. The molecule has 0 saturated carbocycles. The zero-order valence-corrected chi connectivity index (χ0v) is 15.8. The molecule has 0 amide bonds. The molecule has 2 aromatic heterocycles. The number of anilines is 1. The second-order valence-electron chi connectivity index (χ2n) is 6.29. The summed E-state index contributed by atoms with van der Waals surface area (Å²) in [6.07, 6.45) is 1.60. The van der Waals surface area contributed by atoms with Crippen molar-refractivity contribution in [3.8, 4) is 11.3 Å². The number of fused-ring (bicyclic) bond motifs is 1. The summed E-state index contributed by atoms with van der Waals surface area (Å²) in [6.45, 7) is 0. The van der Waals surface area contributed by atoms with Gasteiger partial charge in [0.15, 0.2) is 15.5 Å². The van der Waals surface area contributed by atoms with Gasteiger partial charge < -0.3 is 5.32 Å². The zero-order valence-electron chi connectivity index (χ0n) is 15.0. The number of hydrogen-bond donors (Lipinski definition) is 1. The van der Waals surface area contributed by atoms with Gasteiger partial charge in [-0.15, -0.1) is 0 Å². The number of hydrogen-bond acceptors (Lipinski definition) is 5. The molecule has 0 fully saturated rings. The first kappa shape index (κ1) is 18.1. The van der Waals surface area contributed by atoms with Crippen LogP contribution in [0.4, 0.5) is 10.1 Å². The fraction of sp³-hybridized carbons (Fsp3) is 0.100. The smallest absolute Gasteiger partial charge is 0.196 e. The second-order valence-corrected chi connectivity index (χ2v) is 8.27. The van der Waals surface area contributed by atoms with Crippen LogP contribution in [0.15, 0.2) is 71.8 Å². The Bertz CT molecular complexity index is 1240. The summed E-state index contributed by atoms with van der Waals surface area (Å²) in [6, 6.07) is 16.1. The predicted octanol–water partition coefficient (Wildman–Crippen LogP) is 3.62. The summed E-state index contributed by atoms with van der Waals surface area (Å²) in [7, 11) is -1.85. The van der Waals surface area contributed by atoms with E-state index in [-0.39, 0.29) is 10.8 Å². The number of nitrogens with one attached hydrogen (secondary N) is 1. The van der Waals surface area contributed by atoms with Crippen molar-refractivity contribution in [1.29, 1.82) is 0 Å². The van der Waals surface area contributed by atoms with Gasteiger partial charge in [-0.3, -0.25) is 0 Å². The molecule has 2 aromatic carbocycles. The van der Waals surface area contributed by atoms with Crippen LogP contribution in [0, 0.1) is 5.82 Å². The first-order valence-corrected chi connectivity index (χ1v) is 10.2. The molecule has 0 radical (unpaired) electrons. The average Bonchev–Trinajstić information content (AvgIpc) is 3.05. The molecular formula is C20H17FN4O2S. The molecule has 4 aromatic rings. The van der Waals surface area contributed by atoms with E-state index >= 15 is 0 Å². The van der Waals surface area contributed by atoms with Crippen LogP contribution in [0.2, 0.25) is 0 Å². The average molecular weight is 396 g/mol. The maximum absolute atomic E-state index is 13.1. The standard InChI is InChI=1S/C20H17FN4O2S/c1-25-20-18(19(24-25)14-5-3-2-4-6-14)17(11-12-22-20)23-13-28(26,27)16-9-7-15(21)8-10-16/h2-12H,13H2,1H3,(H,22,23). The molecule has 0 aliphatic carbocycles. The Morgan fingerprint density at radius 1 is 1.04 bits per heavy atom. The number of rotatable bonds is 5. The SMILES string of the molecule is Cn1nc(-c2ccccc2)c2c(NCS(=O)(=O)c3ccc(F)cc3)ccnc21. The van der Waals surface area contributed by atoms with Crippen LogP contribution < -0.4 is 5.32 Å². The van der Waals surface area contributed by atoms with E-state index in [4.69, 9.17) is 0 Å². The maximum atomic E-state index is 13.1. The van der Waals surface area contributed by atoms with E-state index < -0.39 is 15.7 Å². The molecule has 4 rings (SSSR count). The van der Waals surface area contributed by atoms with Gasteiger partial charge in [-0.2, -0.15) is 5.10 Å². The number of pyridine rings is 1. The first-order valence-electron chi connectivity index (χ1n) is 8.55. The van der Waals surface area contributed by atoms with E-state index in [1.807, 2.05) is 30.3 Å². The normalized spacial score (nSPS) is 11.6. The number of sulfone groups is 1. The first-order chi connectivity index (χ1) is 13.5. The van der Waals surface area contributed by atoms with E-state index in [1.165, 1.54) is 12.1 Å². The van der Waals surface area contributed by atoms with Crippen LogP contribution in [0.25, 0.3) is 22.3 Å². The molecule has 6 nitrogen and oxygen atoms in total. The minimum Gasteiger partial charge on any atom is -0.371 e. The third-order valence-corrected chi connectivity index (χ3v) is 5.91. The van der Waals surface area contributed by atoms with Crippen molar-refractivity contribution in [3.05, 3.63) is 72.7 Å². The number of benzene rings is 2. The third kappa shape index (κ3) is 3.34. The molecule has 28 heavy (non-hydrogen) atoms. The molecule has 0 aliphatic heterocycles. The largest absolute Gasteiger partial charge is 0.371 e. The lowest BCUT2D eigenvalue weighted by Crippen LogP contribution is -2.15. The lowest BCUT2D eigenvalue weighted by Gasteiger charge is -2.10. The predicted molar refractivity (Wildman–Crippen MR) is 106 cm³/mol. The summed E-state index contributed by atoms with van der Waals surface area (Å²) in [5.41, 5.74) is 2.88. The van der Waals surface area contributed by atoms with Crippen LogP contribution in [0.1, 0.15) is 0 Å². The van der Waals surface area contributed by atoms with Gasteiger partial charge in [-0.1, -0.05) is 30.3 Å². The minimum atomic E-state index is -3.64. The van der Waals surface area contributed by atoms with Gasteiger partial charge >= 0.3 is 0 Å². The van der Waals surface area contributed by atoms with Gasteiger partial charge in [0.1, 0.15) is 17.4 Å². The quantitative estimate of drug-likeness (QED) is 0.522. The van der Waals surface area contributed by atoms with Crippen molar-refractivity contribution >= 4 is 26.6 Å². The van der Waals surface area contributed by atoms with Crippen molar-refractivity contribution in [2.45, 2.75) is 4.90 Å². The number of halogens is 1. The van der Waals surface area contributed by atoms with Crippen molar-refractivity contribution < 1.29 is 12.8 Å². The third-order valence-electron chi connectivity index (χ3n) is 4.40. The van der Waals surface area contributed by atoms with E-state index in [2.05, 4.69) is 15.4 Å². The van der Waals surface area contributed by atoms with Crippen molar-refractivity contribution in [2.75, 3.05) is 11.2 Å². The van der Waals surface area contributed by atoms with Gasteiger partial charge in [0.25, 0.3) is 0 Å². The summed E-state index contributed by atoms with van der Waals surface area (Å²) < 4.78 is 39.9. The molecule has 0 unspecified atom stereocenters. The molecule has 2 heterocycles. The number of aryl methyl sites for hydroxylation is 1. The molecule has 142 valence electrons. The Morgan fingerprint density at radius 3 is 2.46 bits per heavy atom. The van der Waals surface area contributed by atoms with Gasteiger partial charge in [-0.05, 0) is 30.3 Å². The molecule has 0 aliphatic rings. The van der Waals surface area contributed by atoms with E-state index in [0.29, 0.717) is 17.0 Å². The monoisotopic (exact) mass is 396 g/mol. The Hall–Kier alpha value is -3.26. The molecule has 1 N–H and O–H groups in total. The van der Waals surface area contributed by atoms with Crippen LogP contribution in [-0.2, 0) is 16.9 Å². The second kappa shape index (κ2) is 7.05. The zero-order chi connectivity index (χ0) is 19.7. The Balaban J connectivity index is 1.72. The summed E-state index contributed by atoms with van der Waals surface area (Å²) in [5, 5.41) is 8.29. The Kier molecular flexibility index (Phi) is 4.56. The highest BCUT2D eigenvalue weighted by molar-refractivity contribution is 7.91. The topological polar surface area (TPSA) is 76.9 Å². The van der Waals surface area contributed by atoms with E-state index in [1.54, 1.807) is 24.0 Å². The fourth-order valence-corrected chi connectivity index (χ4v) is 4.08. The lowest BCUT2D eigenvalue weighted by molar-refractivity contribution is 0.596. The van der Waals surface area contributed by atoms with E-state index in [0.717, 1.165) is 23.1 Å². The Labute approximate surface area is 161 Å². The molecule has 0 bridgehead atoms. The van der Waals surface area contributed by atoms with Crippen molar-refractivity contribution in [1.82, 2.24) is 14.8 Å². The molecule has 8 heteroatoms. The molecular weight excluding hydrogens is 379 g/mol. The van der Waals surface area contributed by atoms with E-state index in [9.17, 15) is 12.8 Å². The molecule has 0 saturated heterocycles. The van der Waals surface area contributed by atoms with Crippen LogP contribution in [0.5, 0.6) is 0 Å². The maximum Gasteiger partial charge on any atom is 0.196 e. The van der Waals surface area contributed by atoms with Crippen LogP contribution in [-0.4, -0.2) is 29.1 Å². The van der Waals surface area contributed by atoms with Gasteiger partial charge in [0, 0.05) is 24.5 Å². The highest BCUT2D eigenvalue weighted by Crippen LogP contribution is 2.32. The minimum absolute atomic E-state index is 0.0566. The summed E-state index contributed by atoms with van der Waals surface area (Å²) in [4.78, 5) is 4.43. The van der Waals surface area contributed by atoms with Crippen molar-refractivity contribution in [2.24, 2.45) is 7.05 Å². The Morgan fingerprint density at radius 2 is 1.75 bits per heavy atom. The van der Waals surface area contributed by atoms with Crippen LogP contribution in [0.3, 0.4) is 0 Å². The highest BCUT2D eigenvalue weighted by Gasteiger charge is 2.18. The number of nitrogens with zero attached hydrogens (tertiary/aromatic N) is 3. The van der Waals surface area contributed by atoms with Gasteiger partial charge in [0.05, 0.1) is 10.3 Å². The fourth-order valence-electron chi connectivity index (χ4n) is 3.02. The summed E-state index contributed by atoms with van der Waals surface area (Å²) in [5.74, 6) is -0.813. The number of aromatic nitrogens is 3. The highest BCUT2D eigenvalue weighted by atomic mass is 32.2. The molecule has 0 atom stereocenters. The van der Waals surface area contributed by atoms with Gasteiger partial charge in [-0.25, -0.2) is 22.5 Å². The van der Waals surface area contributed by atoms with Gasteiger partial charge in [0.2, 0.25) is 0 Å². The van der Waals surface area contributed by atoms with Crippen LogP contribution >= 0.6 is 0 Å². The molecule has 0 spiro atoms.